The Bertz CT molecular complexity index is 364. The largest absolute Gasteiger partial charge is 0.479 e. The number of esters is 1. The van der Waals surface area contributed by atoms with Crippen molar-refractivity contribution in [1.82, 2.24) is 0 Å². The van der Waals surface area contributed by atoms with Gasteiger partial charge in [0.1, 0.15) is 6.61 Å². The molecule has 0 radical (unpaired) electrons. The van der Waals surface area contributed by atoms with Crippen molar-refractivity contribution in [2.24, 2.45) is 0 Å². The number of hydrogen-bond acceptors (Lipinski definition) is 3. The van der Waals surface area contributed by atoms with Crippen LogP contribution in [0.25, 0.3) is 0 Å². The lowest BCUT2D eigenvalue weighted by Gasteiger charge is -2.05. The highest BCUT2D eigenvalue weighted by atomic mass is 19.1. The van der Waals surface area contributed by atoms with E-state index in [1.165, 1.54) is 0 Å². The Morgan fingerprint density at radius 1 is 1.31 bits per heavy atom. The summed E-state index contributed by atoms with van der Waals surface area (Å²) in [4.78, 5) is 21.1. The molecule has 5 heteroatoms. The van der Waals surface area contributed by atoms with E-state index in [4.69, 9.17) is 9.84 Å². The van der Waals surface area contributed by atoms with Crippen LogP contribution < -0.4 is 0 Å². The molecule has 1 N–H and O–H groups in total. The zero-order valence-corrected chi connectivity index (χ0v) is 8.43. The summed E-state index contributed by atoms with van der Waals surface area (Å²) in [6.07, 6.45) is -2.97. The number of ether oxygens (including phenoxy) is 1. The average Bonchev–Trinajstić information content (AvgIpc) is 2.27. The second kappa shape index (κ2) is 5.85. The van der Waals surface area contributed by atoms with Gasteiger partial charge in [0, 0.05) is 0 Å². The first kappa shape index (κ1) is 12.2. The fraction of sp³-hybridized carbons (Fsp3) is 0.273. The Kier molecular flexibility index (Phi) is 4.44. The molecule has 0 aliphatic carbocycles. The summed E-state index contributed by atoms with van der Waals surface area (Å²) >= 11 is 0. The molecule has 0 aliphatic heterocycles. The summed E-state index contributed by atoms with van der Waals surface area (Å²) in [6.45, 7) is 0.0199. The minimum absolute atomic E-state index is 0.0199. The number of carbonyl (C=O) groups is 2. The summed E-state index contributed by atoms with van der Waals surface area (Å²) in [6, 6.07) is 8.86. The maximum absolute atomic E-state index is 12.6. The minimum Gasteiger partial charge on any atom is -0.479 e. The van der Waals surface area contributed by atoms with Crippen LogP contribution in [0.5, 0.6) is 0 Å². The van der Waals surface area contributed by atoms with Crippen molar-refractivity contribution in [3.8, 4) is 0 Å². The molecule has 0 aliphatic rings. The SMILES string of the molecule is O=C(C[C@@H](F)C(=O)O)OCc1ccccc1. The van der Waals surface area contributed by atoms with Crippen molar-refractivity contribution < 1.29 is 23.8 Å². The molecule has 1 aromatic rings. The maximum atomic E-state index is 12.6. The van der Waals surface area contributed by atoms with E-state index in [1.54, 1.807) is 24.3 Å². The van der Waals surface area contributed by atoms with E-state index in [1.807, 2.05) is 6.07 Å². The highest BCUT2D eigenvalue weighted by Crippen LogP contribution is 2.04. The van der Waals surface area contributed by atoms with Crippen LogP contribution in [-0.4, -0.2) is 23.2 Å². The van der Waals surface area contributed by atoms with Crippen molar-refractivity contribution in [1.29, 1.82) is 0 Å². The van der Waals surface area contributed by atoms with Gasteiger partial charge in [-0.05, 0) is 5.56 Å². The zero-order chi connectivity index (χ0) is 12.0. The molecule has 0 bridgehead atoms. The Balaban J connectivity index is 2.33. The average molecular weight is 226 g/mol. The van der Waals surface area contributed by atoms with E-state index in [-0.39, 0.29) is 6.61 Å². The predicted octanol–water partition coefficient (Wildman–Crippen LogP) is 1.54. The quantitative estimate of drug-likeness (QED) is 0.773. The smallest absolute Gasteiger partial charge is 0.338 e. The molecule has 86 valence electrons. The standard InChI is InChI=1S/C11H11FO4/c12-9(11(14)15)6-10(13)16-7-8-4-2-1-3-5-8/h1-5,9H,6-7H2,(H,14,15)/t9-/m1/s1. The first-order chi connectivity index (χ1) is 7.59. The van der Waals surface area contributed by atoms with Crippen molar-refractivity contribution in [2.45, 2.75) is 19.2 Å². The summed E-state index contributed by atoms with van der Waals surface area (Å²) < 4.78 is 17.3. The zero-order valence-electron chi connectivity index (χ0n) is 8.43. The van der Waals surface area contributed by atoms with Crippen LogP contribution in [0.2, 0.25) is 0 Å². The van der Waals surface area contributed by atoms with E-state index in [0.29, 0.717) is 0 Å². The molecule has 1 aromatic carbocycles. The van der Waals surface area contributed by atoms with Crippen molar-refractivity contribution >= 4 is 11.9 Å². The van der Waals surface area contributed by atoms with Gasteiger partial charge in [0.05, 0.1) is 6.42 Å². The molecule has 16 heavy (non-hydrogen) atoms. The summed E-state index contributed by atoms with van der Waals surface area (Å²) in [5.41, 5.74) is 0.765. The van der Waals surface area contributed by atoms with Gasteiger partial charge in [0.15, 0.2) is 0 Å². The van der Waals surface area contributed by atoms with Gasteiger partial charge in [-0.1, -0.05) is 30.3 Å². The summed E-state index contributed by atoms with van der Waals surface area (Å²) in [5, 5.41) is 8.23. The van der Waals surface area contributed by atoms with Gasteiger partial charge in [-0.25, -0.2) is 9.18 Å². The molecular weight excluding hydrogens is 215 g/mol. The van der Waals surface area contributed by atoms with Gasteiger partial charge < -0.3 is 9.84 Å². The second-order valence-corrected chi connectivity index (χ2v) is 3.16. The van der Waals surface area contributed by atoms with E-state index in [9.17, 15) is 14.0 Å². The second-order valence-electron chi connectivity index (χ2n) is 3.16. The summed E-state index contributed by atoms with van der Waals surface area (Å²) in [5.74, 6) is -2.52. The molecule has 0 unspecified atom stereocenters. The van der Waals surface area contributed by atoms with Gasteiger partial charge in [-0.2, -0.15) is 0 Å². The third-order valence-electron chi connectivity index (χ3n) is 1.86. The van der Waals surface area contributed by atoms with Crippen LogP contribution in [0.3, 0.4) is 0 Å². The molecule has 0 fully saturated rings. The lowest BCUT2D eigenvalue weighted by atomic mass is 10.2. The fourth-order valence-electron chi connectivity index (χ4n) is 1.03. The first-order valence-electron chi connectivity index (χ1n) is 4.66. The van der Waals surface area contributed by atoms with Crippen LogP contribution in [0.1, 0.15) is 12.0 Å². The fourth-order valence-corrected chi connectivity index (χ4v) is 1.03. The van der Waals surface area contributed by atoms with Crippen LogP contribution in [0.15, 0.2) is 30.3 Å². The van der Waals surface area contributed by atoms with E-state index >= 15 is 0 Å². The minimum atomic E-state index is -2.21. The highest BCUT2D eigenvalue weighted by Gasteiger charge is 2.20. The van der Waals surface area contributed by atoms with E-state index < -0.39 is 24.5 Å². The Morgan fingerprint density at radius 2 is 1.94 bits per heavy atom. The molecule has 0 saturated heterocycles. The van der Waals surface area contributed by atoms with Gasteiger partial charge in [-0.3, -0.25) is 4.79 Å². The molecule has 0 aromatic heterocycles. The molecular formula is C11H11FO4. The van der Waals surface area contributed by atoms with E-state index in [0.717, 1.165) is 5.56 Å². The number of hydrogen-bond donors (Lipinski definition) is 1. The number of rotatable bonds is 5. The monoisotopic (exact) mass is 226 g/mol. The maximum Gasteiger partial charge on any atom is 0.338 e. The molecule has 1 rings (SSSR count). The van der Waals surface area contributed by atoms with Crippen molar-refractivity contribution in [3.63, 3.8) is 0 Å². The highest BCUT2D eigenvalue weighted by molar-refractivity contribution is 5.80. The summed E-state index contributed by atoms with van der Waals surface area (Å²) in [7, 11) is 0. The van der Waals surface area contributed by atoms with Crippen LogP contribution in [0.4, 0.5) is 4.39 Å². The number of carboxylic acid groups (broad SMARTS) is 1. The molecule has 1 atom stereocenters. The van der Waals surface area contributed by atoms with Gasteiger partial charge in [0.2, 0.25) is 6.17 Å². The number of carboxylic acids is 1. The molecule has 0 spiro atoms. The van der Waals surface area contributed by atoms with Crippen molar-refractivity contribution in [3.05, 3.63) is 35.9 Å². The molecule has 0 saturated carbocycles. The number of halogens is 1. The molecule has 4 nitrogen and oxygen atoms in total. The third-order valence-corrected chi connectivity index (χ3v) is 1.86. The Labute approximate surface area is 91.7 Å². The predicted molar refractivity (Wildman–Crippen MR) is 53.4 cm³/mol. The van der Waals surface area contributed by atoms with Crippen molar-refractivity contribution in [2.75, 3.05) is 0 Å². The molecule has 0 amide bonds. The topological polar surface area (TPSA) is 63.6 Å². The van der Waals surface area contributed by atoms with E-state index in [2.05, 4.69) is 0 Å². The van der Waals surface area contributed by atoms with Gasteiger partial charge >= 0.3 is 11.9 Å². The lowest BCUT2D eigenvalue weighted by molar-refractivity contribution is -0.153. The lowest BCUT2D eigenvalue weighted by Crippen LogP contribution is -2.20. The number of aliphatic carboxylic acids is 1. The van der Waals surface area contributed by atoms with Crippen LogP contribution in [0, 0.1) is 0 Å². The Hall–Kier alpha value is -1.91. The van der Waals surface area contributed by atoms with Crippen LogP contribution >= 0.6 is 0 Å². The van der Waals surface area contributed by atoms with Gasteiger partial charge in [-0.15, -0.1) is 0 Å². The third kappa shape index (κ3) is 4.08. The normalized spacial score (nSPS) is 11.8. The Morgan fingerprint density at radius 3 is 2.50 bits per heavy atom. The van der Waals surface area contributed by atoms with Gasteiger partial charge in [0.25, 0.3) is 0 Å². The molecule has 0 heterocycles. The first-order valence-corrected chi connectivity index (χ1v) is 4.66. The number of benzene rings is 1. The number of alkyl halides is 1. The van der Waals surface area contributed by atoms with Crippen LogP contribution in [-0.2, 0) is 20.9 Å². The number of carbonyl (C=O) groups excluding carboxylic acids is 1.